The van der Waals surface area contributed by atoms with E-state index < -0.39 is 0 Å². The van der Waals surface area contributed by atoms with Crippen LogP contribution in [-0.4, -0.2) is 58.7 Å². The first-order chi connectivity index (χ1) is 13.3. The minimum absolute atomic E-state index is 0.0378. The van der Waals surface area contributed by atoms with Crippen molar-refractivity contribution in [1.29, 1.82) is 0 Å². The number of morpholine rings is 1. The fourth-order valence-electron chi connectivity index (χ4n) is 4.02. The van der Waals surface area contributed by atoms with Crippen LogP contribution in [0.2, 0.25) is 0 Å². The molecule has 1 aromatic heterocycles. The average molecular weight is 366 g/mol. The fourth-order valence-corrected chi connectivity index (χ4v) is 4.02. The van der Waals surface area contributed by atoms with Crippen LogP contribution >= 0.6 is 0 Å². The summed E-state index contributed by atoms with van der Waals surface area (Å²) in [5, 5.41) is 4.85. The number of fused-ring (bicyclic) bond motifs is 1. The predicted molar refractivity (Wildman–Crippen MR) is 103 cm³/mol. The highest BCUT2D eigenvalue weighted by atomic mass is 16.5. The summed E-state index contributed by atoms with van der Waals surface area (Å²) in [6.07, 6.45) is 5.27. The number of ether oxygens (including phenoxy) is 1. The minimum Gasteiger partial charge on any atom is -0.379 e. The van der Waals surface area contributed by atoms with E-state index in [0.29, 0.717) is 0 Å². The van der Waals surface area contributed by atoms with E-state index in [1.165, 1.54) is 16.8 Å². The molecule has 1 aromatic carbocycles. The Hall–Kier alpha value is -2.44. The first-order valence-corrected chi connectivity index (χ1v) is 9.54. The standard InChI is InChI=1S/C21H26N4O2/c1-23-18(16-24-10-13-27-14-11-24)15-20(22-23)21-19-6-3-2-5-17(19)7-9-25(21)8-4-12-26/h2-6,8,12,15,21H,7,9-11,13-14,16H2,1H3. The maximum atomic E-state index is 10.9. The van der Waals surface area contributed by atoms with Crippen LogP contribution in [-0.2, 0) is 29.5 Å². The maximum absolute atomic E-state index is 10.9. The lowest BCUT2D eigenvalue weighted by Gasteiger charge is -2.35. The summed E-state index contributed by atoms with van der Waals surface area (Å²) < 4.78 is 7.44. The molecule has 0 spiro atoms. The first-order valence-electron chi connectivity index (χ1n) is 9.54. The molecule has 6 heteroatoms. The normalized spacial score (nSPS) is 20.8. The van der Waals surface area contributed by atoms with Gasteiger partial charge in [-0.1, -0.05) is 24.3 Å². The van der Waals surface area contributed by atoms with Crippen molar-refractivity contribution in [3.63, 3.8) is 0 Å². The van der Waals surface area contributed by atoms with Crippen molar-refractivity contribution in [2.24, 2.45) is 7.05 Å². The number of carbonyl (C=O) groups is 1. The predicted octanol–water partition coefficient (Wildman–Crippen LogP) is 1.91. The van der Waals surface area contributed by atoms with Crippen molar-refractivity contribution in [3.05, 3.63) is 65.1 Å². The molecule has 6 nitrogen and oxygen atoms in total. The van der Waals surface area contributed by atoms with Gasteiger partial charge in [-0.25, -0.2) is 0 Å². The van der Waals surface area contributed by atoms with Gasteiger partial charge in [0.2, 0.25) is 0 Å². The van der Waals surface area contributed by atoms with E-state index in [1.807, 2.05) is 17.9 Å². The van der Waals surface area contributed by atoms with Gasteiger partial charge in [0, 0.05) is 39.4 Å². The number of carbonyl (C=O) groups excluding carboxylic acids is 1. The largest absolute Gasteiger partial charge is 0.379 e. The van der Waals surface area contributed by atoms with Gasteiger partial charge < -0.3 is 9.64 Å². The zero-order valence-electron chi connectivity index (χ0n) is 15.8. The summed E-state index contributed by atoms with van der Waals surface area (Å²) in [5.41, 5.74) is 4.87. The van der Waals surface area contributed by atoms with Crippen LogP contribution in [0.25, 0.3) is 0 Å². The Morgan fingerprint density at radius 1 is 1.22 bits per heavy atom. The van der Waals surface area contributed by atoms with E-state index in [9.17, 15) is 4.79 Å². The number of hydrogen-bond donors (Lipinski definition) is 0. The molecular weight excluding hydrogens is 340 g/mol. The van der Waals surface area contributed by atoms with E-state index in [-0.39, 0.29) is 6.04 Å². The first kappa shape index (κ1) is 17.9. The Morgan fingerprint density at radius 3 is 2.85 bits per heavy atom. The van der Waals surface area contributed by atoms with Gasteiger partial charge in [0.05, 0.1) is 30.6 Å². The van der Waals surface area contributed by atoms with Crippen LogP contribution in [0.15, 0.2) is 42.6 Å². The number of allylic oxidation sites excluding steroid dienone is 1. The monoisotopic (exact) mass is 366 g/mol. The third-order valence-corrected chi connectivity index (χ3v) is 5.44. The molecule has 0 saturated carbocycles. The molecule has 1 fully saturated rings. The van der Waals surface area contributed by atoms with Crippen LogP contribution in [0.1, 0.15) is 28.6 Å². The second-order valence-electron chi connectivity index (χ2n) is 7.14. The Balaban J connectivity index is 1.65. The van der Waals surface area contributed by atoms with E-state index in [4.69, 9.17) is 9.84 Å². The van der Waals surface area contributed by atoms with E-state index in [1.54, 1.807) is 6.08 Å². The Morgan fingerprint density at radius 2 is 2.04 bits per heavy atom. The van der Waals surface area contributed by atoms with Crippen LogP contribution in [0.4, 0.5) is 0 Å². The van der Waals surface area contributed by atoms with Gasteiger partial charge in [-0.2, -0.15) is 5.10 Å². The van der Waals surface area contributed by atoms with Crippen LogP contribution in [0.3, 0.4) is 0 Å². The molecule has 0 bridgehead atoms. The van der Waals surface area contributed by atoms with E-state index in [0.717, 1.165) is 57.8 Å². The van der Waals surface area contributed by atoms with E-state index >= 15 is 0 Å². The zero-order valence-corrected chi connectivity index (χ0v) is 15.8. The SMILES string of the molecule is Cn1nc(C2c3ccccc3CCN2C=CC=O)cc1CN1CCOCC1. The quantitative estimate of drug-likeness (QED) is 0.598. The summed E-state index contributed by atoms with van der Waals surface area (Å²) in [7, 11) is 2.01. The minimum atomic E-state index is 0.0378. The number of rotatable bonds is 5. The third-order valence-electron chi connectivity index (χ3n) is 5.44. The molecular formula is C21H26N4O2. The van der Waals surface area contributed by atoms with Gasteiger partial charge >= 0.3 is 0 Å². The molecule has 0 amide bonds. The fraction of sp³-hybridized carbons (Fsp3) is 0.429. The number of benzene rings is 1. The van der Waals surface area contributed by atoms with Crippen molar-refractivity contribution in [2.45, 2.75) is 19.0 Å². The molecule has 142 valence electrons. The second-order valence-corrected chi connectivity index (χ2v) is 7.14. The molecule has 4 rings (SSSR count). The second kappa shape index (κ2) is 8.06. The lowest BCUT2D eigenvalue weighted by Crippen LogP contribution is -2.36. The molecule has 1 atom stereocenters. The van der Waals surface area contributed by atoms with Crippen molar-refractivity contribution in [3.8, 4) is 0 Å². The summed E-state index contributed by atoms with van der Waals surface area (Å²) in [6.45, 7) is 5.27. The molecule has 2 aromatic rings. The van der Waals surface area contributed by atoms with Crippen molar-refractivity contribution < 1.29 is 9.53 Å². The van der Waals surface area contributed by atoms with Crippen LogP contribution < -0.4 is 0 Å². The van der Waals surface area contributed by atoms with Crippen molar-refractivity contribution in [2.75, 3.05) is 32.8 Å². The van der Waals surface area contributed by atoms with Gasteiger partial charge in [0.25, 0.3) is 0 Å². The van der Waals surface area contributed by atoms with Crippen LogP contribution in [0.5, 0.6) is 0 Å². The molecule has 0 aliphatic carbocycles. The van der Waals surface area contributed by atoms with Gasteiger partial charge in [0.15, 0.2) is 0 Å². The highest BCUT2D eigenvalue weighted by Gasteiger charge is 2.29. The van der Waals surface area contributed by atoms with Gasteiger partial charge in [-0.3, -0.25) is 14.4 Å². The zero-order chi connectivity index (χ0) is 18.6. The van der Waals surface area contributed by atoms with Gasteiger partial charge in [-0.05, 0) is 29.7 Å². The molecule has 1 unspecified atom stereocenters. The smallest absolute Gasteiger partial charge is 0.144 e. The maximum Gasteiger partial charge on any atom is 0.144 e. The van der Waals surface area contributed by atoms with Crippen LogP contribution in [0, 0.1) is 0 Å². The molecule has 3 heterocycles. The average Bonchev–Trinajstić information content (AvgIpc) is 3.06. The number of hydrogen-bond acceptors (Lipinski definition) is 5. The van der Waals surface area contributed by atoms with E-state index in [2.05, 4.69) is 40.1 Å². The van der Waals surface area contributed by atoms with Gasteiger partial charge in [-0.15, -0.1) is 0 Å². The summed E-state index contributed by atoms with van der Waals surface area (Å²) in [4.78, 5) is 15.5. The topological polar surface area (TPSA) is 50.6 Å². The lowest BCUT2D eigenvalue weighted by atomic mass is 9.91. The Kier molecular flexibility index (Phi) is 5.36. The third kappa shape index (κ3) is 3.82. The molecule has 0 radical (unpaired) electrons. The summed E-state index contributed by atoms with van der Waals surface area (Å²) in [6, 6.07) is 10.8. The summed E-state index contributed by atoms with van der Waals surface area (Å²) in [5.74, 6) is 0. The van der Waals surface area contributed by atoms with Crippen molar-refractivity contribution >= 4 is 6.29 Å². The van der Waals surface area contributed by atoms with Gasteiger partial charge in [0.1, 0.15) is 6.29 Å². The highest BCUT2D eigenvalue weighted by Crippen LogP contribution is 2.35. The molecule has 1 saturated heterocycles. The number of aryl methyl sites for hydroxylation is 1. The molecule has 2 aliphatic heterocycles. The number of aromatic nitrogens is 2. The summed E-state index contributed by atoms with van der Waals surface area (Å²) >= 11 is 0. The highest BCUT2D eigenvalue weighted by molar-refractivity contribution is 5.64. The molecule has 27 heavy (non-hydrogen) atoms. The molecule has 0 N–H and O–H groups in total. The lowest BCUT2D eigenvalue weighted by molar-refractivity contribution is -0.104. The molecule has 2 aliphatic rings. The number of nitrogens with zero attached hydrogens (tertiary/aromatic N) is 4. The number of aldehydes is 1. The Labute approximate surface area is 160 Å². The Bertz CT molecular complexity index is 823. The van der Waals surface area contributed by atoms with Crippen molar-refractivity contribution in [1.82, 2.24) is 19.6 Å².